The average Bonchev–Trinajstić information content (AvgIpc) is 3.44. The molecule has 1 aliphatic heterocycles. The molecule has 0 bridgehead atoms. The minimum absolute atomic E-state index is 0.243. The molecule has 0 spiro atoms. The van der Waals surface area contributed by atoms with Gasteiger partial charge in [0.25, 0.3) is 0 Å². The Labute approximate surface area is 235 Å². The van der Waals surface area contributed by atoms with Crippen LogP contribution in [-0.4, -0.2) is 71.6 Å². The molecule has 5 rings (SSSR count). The van der Waals surface area contributed by atoms with Gasteiger partial charge in [0.15, 0.2) is 0 Å². The molecule has 12 heteroatoms. The summed E-state index contributed by atoms with van der Waals surface area (Å²) in [7, 11) is 0. The van der Waals surface area contributed by atoms with Crippen LogP contribution >= 0.6 is 0 Å². The zero-order valence-electron chi connectivity index (χ0n) is 22.9. The number of likely N-dealkylation sites (N-methyl/N-ethyl adjacent to an activating group) is 1. The van der Waals surface area contributed by atoms with Crippen molar-refractivity contribution < 1.29 is 36.7 Å². The molecule has 1 saturated heterocycles. The highest BCUT2D eigenvalue weighted by atomic mass is 19.4. The molecule has 0 atom stereocenters. The van der Waals surface area contributed by atoms with E-state index in [2.05, 4.69) is 45.1 Å². The number of halogens is 4. The molecule has 3 aromatic rings. The minimum atomic E-state index is -5.08. The van der Waals surface area contributed by atoms with E-state index in [0.29, 0.717) is 36.0 Å². The van der Waals surface area contributed by atoms with E-state index in [4.69, 9.17) is 19.2 Å². The Morgan fingerprint density at radius 3 is 2.41 bits per heavy atom. The van der Waals surface area contributed by atoms with Gasteiger partial charge in [-0.15, -0.1) is 0 Å². The lowest BCUT2D eigenvalue weighted by atomic mass is 9.92. The van der Waals surface area contributed by atoms with Crippen molar-refractivity contribution in [1.82, 2.24) is 15.0 Å². The summed E-state index contributed by atoms with van der Waals surface area (Å²) in [5.41, 5.74) is 4.16. The van der Waals surface area contributed by atoms with E-state index in [9.17, 15) is 17.6 Å². The third-order valence-electron chi connectivity index (χ3n) is 7.20. The maximum Gasteiger partial charge on any atom is 0.490 e. The first kappa shape index (κ1) is 30.3. The summed E-state index contributed by atoms with van der Waals surface area (Å²) >= 11 is 0. The highest BCUT2D eigenvalue weighted by molar-refractivity contribution is 5.73. The van der Waals surface area contributed by atoms with Crippen LogP contribution in [0.2, 0.25) is 0 Å². The van der Waals surface area contributed by atoms with Crippen LogP contribution in [0.25, 0.3) is 11.4 Å². The van der Waals surface area contributed by atoms with E-state index >= 15 is 0 Å². The molecule has 2 aromatic carbocycles. The molecule has 2 heterocycles. The van der Waals surface area contributed by atoms with Crippen LogP contribution in [0.4, 0.5) is 23.2 Å². The fourth-order valence-corrected chi connectivity index (χ4v) is 4.89. The summed E-state index contributed by atoms with van der Waals surface area (Å²) in [4.78, 5) is 17.8. The van der Waals surface area contributed by atoms with Crippen LogP contribution in [0.1, 0.15) is 43.2 Å². The first-order chi connectivity index (χ1) is 19.6. The topological polar surface area (TPSA) is 91.9 Å². The standard InChI is InChI=1S/C27H33FN4O2.C2HF3O2/c1-2-31-13-15-32(16-14-31)25-12-10-22(19-24(25)28)27-29-26(34-30-27)8-5-17-33-23-11-9-20-6-3-4-7-21(20)18-23;3-2(4,5)1(6)7/h9-12,18-19H,2-8,13-17H2,1H3;(H,6,7). The molecule has 8 nitrogen and oxygen atoms in total. The summed E-state index contributed by atoms with van der Waals surface area (Å²) in [5, 5.41) is 11.2. The molecule has 0 unspecified atom stereocenters. The predicted octanol–water partition coefficient (Wildman–Crippen LogP) is 5.54. The van der Waals surface area contributed by atoms with Crippen LogP contribution in [-0.2, 0) is 24.1 Å². The van der Waals surface area contributed by atoms with Crippen LogP contribution in [0.3, 0.4) is 0 Å². The zero-order valence-corrected chi connectivity index (χ0v) is 22.9. The number of carboxylic acids is 1. The second-order valence-corrected chi connectivity index (χ2v) is 9.99. The highest BCUT2D eigenvalue weighted by Crippen LogP contribution is 2.27. The monoisotopic (exact) mass is 578 g/mol. The number of ether oxygens (including phenoxy) is 1. The number of piperazine rings is 1. The Morgan fingerprint density at radius 1 is 1.05 bits per heavy atom. The molecule has 0 saturated carbocycles. The number of aliphatic carboxylic acids is 1. The normalized spacial score (nSPS) is 15.6. The number of alkyl halides is 3. The maximum atomic E-state index is 14.9. The third kappa shape index (κ3) is 8.42. The van der Waals surface area contributed by atoms with E-state index in [-0.39, 0.29) is 5.82 Å². The van der Waals surface area contributed by atoms with Gasteiger partial charge in [-0.2, -0.15) is 18.2 Å². The van der Waals surface area contributed by atoms with Gasteiger partial charge < -0.3 is 24.2 Å². The largest absolute Gasteiger partial charge is 0.494 e. The predicted molar refractivity (Wildman–Crippen MR) is 145 cm³/mol. The van der Waals surface area contributed by atoms with Crippen molar-refractivity contribution in [2.45, 2.75) is 51.6 Å². The fourth-order valence-electron chi connectivity index (χ4n) is 4.89. The van der Waals surface area contributed by atoms with Crippen LogP contribution < -0.4 is 9.64 Å². The van der Waals surface area contributed by atoms with Crippen LogP contribution in [0.15, 0.2) is 40.9 Å². The Balaban J connectivity index is 0.000000493. The third-order valence-corrected chi connectivity index (χ3v) is 7.20. The Hall–Kier alpha value is -3.67. The van der Waals surface area contributed by atoms with Gasteiger partial charge in [0.1, 0.15) is 11.6 Å². The lowest BCUT2D eigenvalue weighted by molar-refractivity contribution is -0.192. The van der Waals surface area contributed by atoms with Crippen LogP contribution in [0.5, 0.6) is 5.75 Å². The Bertz CT molecular complexity index is 1310. The van der Waals surface area contributed by atoms with Crippen molar-refractivity contribution in [3.05, 3.63) is 59.2 Å². The number of aromatic nitrogens is 2. The molecule has 1 aliphatic carbocycles. The number of fused-ring (bicyclic) bond motifs is 1. The van der Waals surface area contributed by atoms with Gasteiger partial charge >= 0.3 is 12.1 Å². The number of hydrogen-bond acceptors (Lipinski definition) is 7. The van der Waals surface area contributed by atoms with Gasteiger partial charge in [0, 0.05) is 38.2 Å². The van der Waals surface area contributed by atoms with E-state index < -0.39 is 12.1 Å². The summed E-state index contributed by atoms with van der Waals surface area (Å²) in [6.45, 7) is 7.38. The smallest absolute Gasteiger partial charge is 0.490 e. The first-order valence-corrected chi connectivity index (χ1v) is 13.8. The van der Waals surface area contributed by atoms with E-state index in [1.807, 2.05) is 12.1 Å². The second kappa shape index (κ2) is 13.8. The lowest BCUT2D eigenvalue weighted by Gasteiger charge is -2.35. The highest BCUT2D eigenvalue weighted by Gasteiger charge is 2.38. The second-order valence-electron chi connectivity index (χ2n) is 9.99. The number of carboxylic acid groups (broad SMARTS) is 1. The molecule has 1 N–H and O–H groups in total. The number of carbonyl (C=O) groups is 1. The Morgan fingerprint density at radius 2 is 1.76 bits per heavy atom. The van der Waals surface area contributed by atoms with Crippen molar-refractivity contribution in [3.63, 3.8) is 0 Å². The molecule has 0 radical (unpaired) electrons. The molecular formula is C29H34F4N4O4. The first-order valence-electron chi connectivity index (χ1n) is 13.8. The van der Waals surface area contributed by atoms with Gasteiger partial charge in [0.05, 0.1) is 12.3 Å². The SMILES string of the molecule is CCN1CCN(c2ccc(-c3noc(CCCOc4ccc5c(c4)CCCC5)n3)cc2F)CC1.O=C(O)C(F)(F)F. The van der Waals surface area contributed by atoms with Crippen molar-refractivity contribution in [2.75, 3.05) is 44.2 Å². The number of benzene rings is 2. The molecule has 41 heavy (non-hydrogen) atoms. The number of hydrogen-bond donors (Lipinski definition) is 1. The van der Waals surface area contributed by atoms with Crippen molar-refractivity contribution in [2.24, 2.45) is 0 Å². The molecule has 1 aromatic heterocycles. The molecule has 222 valence electrons. The summed E-state index contributed by atoms with van der Waals surface area (Å²) in [5.74, 6) is -1.10. The Kier molecular flexibility index (Phi) is 10.2. The molecule has 1 fully saturated rings. The number of anilines is 1. The average molecular weight is 579 g/mol. The molecule has 0 amide bonds. The number of aryl methyl sites for hydroxylation is 3. The van der Waals surface area contributed by atoms with E-state index in [1.54, 1.807) is 0 Å². The van der Waals surface area contributed by atoms with Gasteiger partial charge in [-0.1, -0.05) is 18.1 Å². The van der Waals surface area contributed by atoms with Crippen LogP contribution in [0, 0.1) is 5.82 Å². The summed E-state index contributed by atoms with van der Waals surface area (Å²) in [6.07, 6.45) is 1.19. The van der Waals surface area contributed by atoms with Gasteiger partial charge in [0.2, 0.25) is 11.7 Å². The number of nitrogens with zero attached hydrogens (tertiary/aromatic N) is 4. The van der Waals surface area contributed by atoms with Gasteiger partial charge in [-0.25, -0.2) is 9.18 Å². The van der Waals surface area contributed by atoms with Gasteiger partial charge in [-0.05, 0) is 80.1 Å². The van der Waals surface area contributed by atoms with Crippen molar-refractivity contribution >= 4 is 11.7 Å². The van der Waals surface area contributed by atoms with E-state index in [1.165, 1.54) is 36.5 Å². The summed E-state index contributed by atoms with van der Waals surface area (Å²) < 4.78 is 57.9. The molecule has 2 aliphatic rings. The minimum Gasteiger partial charge on any atom is -0.494 e. The van der Waals surface area contributed by atoms with Crippen molar-refractivity contribution in [3.8, 4) is 17.1 Å². The van der Waals surface area contributed by atoms with Gasteiger partial charge in [-0.3, -0.25) is 0 Å². The van der Waals surface area contributed by atoms with E-state index in [0.717, 1.165) is 51.3 Å². The fraction of sp³-hybridized carbons (Fsp3) is 0.483. The zero-order chi connectivity index (χ0) is 29.4. The lowest BCUT2D eigenvalue weighted by Crippen LogP contribution is -2.46. The summed E-state index contributed by atoms with van der Waals surface area (Å²) in [6, 6.07) is 11.7. The quantitative estimate of drug-likeness (QED) is 0.275. The van der Waals surface area contributed by atoms with Crippen molar-refractivity contribution in [1.29, 1.82) is 0 Å². The number of rotatable bonds is 8. The maximum absolute atomic E-state index is 14.9. The molecular weight excluding hydrogens is 544 g/mol.